The van der Waals surface area contributed by atoms with E-state index in [4.69, 9.17) is 4.74 Å². The van der Waals surface area contributed by atoms with Crippen LogP contribution in [-0.2, 0) is 0 Å². The van der Waals surface area contributed by atoms with E-state index in [1.165, 1.54) is 21.2 Å². The number of nitrogens with one attached hydrogen (secondary N) is 1. The van der Waals surface area contributed by atoms with Crippen molar-refractivity contribution in [3.63, 3.8) is 0 Å². The predicted octanol–water partition coefficient (Wildman–Crippen LogP) is 4.61. The van der Waals surface area contributed by atoms with Crippen LogP contribution in [0.5, 0.6) is 5.75 Å². The highest BCUT2D eigenvalue weighted by molar-refractivity contribution is 7.17. The van der Waals surface area contributed by atoms with Crippen LogP contribution in [0.15, 0.2) is 53.9 Å². The van der Waals surface area contributed by atoms with E-state index in [-0.39, 0.29) is 6.04 Å². The highest BCUT2D eigenvalue weighted by Crippen LogP contribution is 2.36. The summed E-state index contributed by atoms with van der Waals surface area (Å²) >= 11 is 1.80. The van der Waals surface area contributed by atoms with Crippen molar-refractivity contribution in [3.05, 3.63) is 65.0 Å². The van der Waals surface area contributed by atoms with Gasteiger partial charge in [-0.25, -0.2) is 0 Å². The summed E-state index contributed by atoms with van der Waals surface area (Å²) in [6.45, 7) is 3.05. The molecule has 1 aromatic heterocycles. The molecule has 0 aliphatic carbocycles. The summed E-state index contributed by atoms with van der Waals surface area (Å²) in [5.41, 5.74) is 2.51. The summed E-state index contributed by atoms with van der Waals surface area (Å²) in [5.74, 6) is 0.929. The fourth-order valence-electron chi connectivity index (χ4n) is 2.72. The first-order valence-electron chi connectivity index (χ1n) is 7.17. The van der Waals surface area contributed by atoms with Gasteiger partial charge in [-0.3, -0.25) is 0 Å². The first-order valence-corrected chi connectivity index (χ1v) is 8.05. The molecule has 0 fully saturated rings. The maximum absolute atomic E-state index is 5.55. The lowest BCUT2D eigenvalue weighted by molar-refractivity contribution is 0.404. The van der Waals surface area contributed by atoms with Crippen LogP contribution < -0.4 is 10.1 Å². The van der Waals surface area contributed by atoms with Gasteiger partial charge < -0.3 is 10.1 Å². The lowest BCUT2D eigenvalue weighted by Crippen LogP contribution is -2.22. The summed E-state index contributed by atoms with van der Waals surface area (Å²) in [5, 5.41) is 7.17. The van der Waals surface area contributed by atoms with E-state index in [0.29, 0.717) is 0 Å². The van der Waals surface area contributed by atoms with Gasteiger partial charge in [0.05, 0.1) is 13.2 Å². The third-order valence-corrected chi connectivity index (χ3v) is 4.66. The largest absolute Gasteiger partial charge is 0.496 e. The second-order valence-corrected chi connectivity index (χ2v) is 5.83. The Balaban J connectivity index is 2.13. The van der Waals surface area contributed by atoms with Gasteiger partial charge in [0.25, 0.3) is 0 Å². The second-order valence-electron chi connectivity index (χ2n) is 4.92. The molecule has 0 bridgehead atoms. The SMILES string of the molecule is CCNC(c1ccccc1OC)c1csc2ccccc12. The standard InChI is InChI=1S/C18H19NOS/c1-3-19-18(14-9-4-6-10-16(14)20-2)15-12-21-17-11-7-5-8-13(15)17/h4-12,18-19H,3H2,1-2H3. The molecule has 0 amide bonds. The Kier molecular flexibility index (Phi) is 4.23. The van der Waals surface area contributed by atoms with Crippen LogP contribution in [0.25, 0.3) is 10.1 Å². The van der Waals surface area contributed by atoms with E-state index in [0.717, 1.165) is 12.3 Å². The Bertz CT molecular complexity index is 735. The number of hydrogen-bond acceptors (Lipinski definition) is 3. The number of rotatable bonds is 5. The fraction of sp³-hybridized carbons (Fsp3) is 0.222. The minimum absolute atomic E-state index is 0.155. The quantitative estimate of drug-likeness (QED) is 0.742. The molecule has 3 rings (SSSR count). The summed E-state index contributed by atoms with van der Waals surface area (Å²) in [6.07, 6.45) is 0. The first-order chi connectivity index (χ1) is 10.3. The Hall–Kier alpha value is -1.84. The van der Waals surface area contributed by atoms with Crippen LogP contribution in [0.4, 0.5) is 0 Å². The molecule has 2 nitrogen and oxygen atoms in total. The van der Waals surface area contributed by atoms with Crippen LogP contribution >= 0.6 is 11.3 Å². The van der Waals surface area contributed by atoms with Crippen molar-refractivity contribution < 1.29 is 4.74 Å². The number of para-hydroxylation sites is 1. The minimum atomic E-state index is 0.155. The van der Waals surface area contributed by atoms with E-state index >= 15 is 0 Å². The molecule has 0 spiro atoms. The molecule has 0 saturated heterocycles. The van der Waals surface area contributed by atoms with E-state index in [1.807, 2.05) is 12.1 Å². The summed E-state index contributed by atoms with van der Waals surface area (Å²) in [6, 6.07) is 17.0. The molecule has 21 heavy (non-hydrogen) atoms. The van der Waals surface area contributed by atoms with Gasteiger partial charge in [0.2, 0.25) is 0 Å². The highest BCUT2D eigenvalue weighted by atomic mass is 32.1. The highest BCUT2D eigenvalue weighted by Gasteiger charge is 2.20. The summed E-state index contributed by atoms with van der Waals surface area (Å²) in [4.78, 5) is 0. The summed E-state index contributed by atoms with van der Waals surface area (Å²) < 4.78 is 6.87. The molecule has 0 saturated carbocycles. The number of hydrogen-bond donors (Lipinski definition) is 1. The molecule has 1 atom stereocenters. The monoisotopic (exact) mass is 297 g/mol. The van der Waals surface area contributed by atoms with Crippen molar-refractivity contribution in [2.75, 3.05) is 13.7 Å². The Morgan fingerprint density at radius 2 is 1.81 bits per heavy atom. The van der Waals surface area contributed by atoms with E-state index in [1.54, 1.807) is 18.4 Å². The van der Waals surface area contributed by atoms with Gasteiger partial charge in [0.1, 0.15) is 5.75 Å². The Labute approximate surface area is 129 Å². The number of benzene rings is 2. The van der Waals surface area contributed by atoms with Crippen LogP contribution in [0.3, 0.4) is 0 Å². The molecule has 1 heterocycles. The van der Waals surface area contributed by atoms with Gasteiger partial charge in [-0.05, 0) is 35.0 Å². The summed E-state index contributed by atoms with van der Waals surface area (Å²) in [7, 11) is 1.73. The Morgan fingerprint density at radius 3 is 2.62 bits per heavy atom. The molecule has 1 N–H and O–H groups in total. The molecular formula is C18H19NOS. The van der Waals surface area contributed by atoms with E-state index < -0.39 is 0 Å². The van der Waals surface area contributed by atoms with Gasteiger partial charge in [-0.1, -0.05) is 43.3 Å². The maximum atomic E-state index is 5.55. The smallest absolute Gasteiger partial charge is 0.123 e. The average molecular weight is 297 g/mol. The van der Waals surface area contributed by atoms with Crippen molar-refractivity contribution in [2.45, 2.75) is 13.0 Å². The zero-order valence-corrected chi connectivity index (χ0v) is 13.1. The van der Waals surface area contributed by atoms with Crippen LogP contribution in [0, 0.1) is 0 Å². The molecule has 0 radical (unpaired) electrons. The molecule has 2 aromatic carbocycles. The zero-order chi connectivity index (χ0) is 14.7. The van der Waals surface area contributed by atoms with Gasteiger partial charge in [-0.2, -0.15) is 0 Å². The number of methoxy groups -OCH3 is 1. The second kappa shape index (κ2) is 6.29. The van der Waals surface area contributed by atoms with E-state index in [2.05, 4.69) is 54.0 Å². The number of ether oxygens (including phenoxy) is 1. The first kappa shape index (κ1) is 14.1. The molecular weight excluding hydrogens is 278 g/mol. The van der Waals surface area contributed by atoms with Crippen molar-refractivity contribution >= 4 is 21.4 Å². The lowest BCUT2D eigenvalue weighted by atomic mass is 9.97. The van der Waals surface area contributed by atoms with Crippen LogP contribution in [-0.4, -0.2) is 13.7 Å². The predicted molar refractivity (Wildman–Crippen MR) is 90.3 cm³/mol. The topological polar surface area (TPSA) is 21.3 Å². The van der Waals surface area contributed by atoms with Crippen molar-refractivity contribution in [3.8, 4) is 5.75 Å². The lowest BCUT2D eigenvalue weighted by Gasteiger charge is -2.20. The third kappa shape index (κ3) is 2.67. The van der Waals surface area contributed by atoms with Crippen molar-refractivity contribution in [2.24, 2.45) is 0 Å². The average Bonchev–Trinajstić information content (AvgIpc) is 2.96. The van der Waals surface area contributed by atoms with Gasteiger partial charge in [-0.15, -0.1) is 11.3 Å². The maximum Gasteiger partial charge on any atom is 0.123 e. The van der Waals surface area contributed by atoms with Crippen molar-refractivity contribution in [1.82, 2.24) is 5.32 Å². The Morgan fingerprint density at radius 1 is 1.05 bits per heavy atom. The molecule has 3 aromatic rings. The molecule has 0 aliphatic heterocycles. The van der Waals surface area contributed by atoms with Gasteiger partial charge in [0, 0.05) is 10.3 Å². The third-order valence-electron chi connectivity index (χ3n) is 3.68. The van der Waals surface area contributed by atoms with Gasteiger partial charge >= 0.3 is 0 Å². The van der Waals surface area contributed by atoms with E-state index in [9.17, 15) is 0 Å². The molecule has 3 heteroatoms. The number of fused-ring (bicyclic) bond motifs is 1. The zero-order valence-electron chi connectivity index (χ0n) is 12.3. The molecule has 1 unspecified atom stereocenters. The number of thiophene rings is 1. The van der Waals surface area contributed by atoms with Crippen LogP contribution in [0.2, 0.25) is 0 Å². The molecule has 108 valence electrons. The minimum Gasteiger partial charge on any atom is -0.496 e. The van der Waals surface area contributed by atoms with Crippen LogP contribution in [0.1, 0.15) is 24.1 Å². The fourth-order valence-corrected chi connectivity index (χ4v) is 3.71. The molecule has 0 aliphatic rings. The van der Waals surface area contributed by atoms with Crippen molar-refractivity contribution in [1.29, 1.82) is 0 Å². The van der Waals surface area contributed by atoms with Gasteiger partial charge in [0.15, 0.2) is 0 Å². The normalized spacial score (nSPS) is 12.5.